The largest absolute Gasteiger partial charge is 0.497 e. The molecule has 0 radical (unpaired) electrons. The first-order valence-corrected chi connectivity index (χ1v) is 7.32. The molecule has 0 unspecified atom stereocenters. The standard InChI is InChI=1S/C18H17ClO4/c1-21-15-8-9-17(22-2)13(11-15)7-10-18(20)23-12-14-5-3-4-6-16(14)19/h3-11H,12H2,1-2H3/b10-7+. The van der Waals surface area contributed by atoms with Gasteiger partial charge < -0.3 is 14.2 Å². The lowest BCUT2D eigenvalue weighted by atomic mass is 10.1. The predicted octanol–water partition coefficient (Wildman–Crippen LogP) is 4.11. The molecule has 0 saturated carbocycles. The summed E-state index contributed by atoms with van der Waals surface area (Å²) in [4.78, 5) is 11.8. The molecule has 2 aromatic carbocycles. The Bertz CT molecular complexity index is 710. The molecule has 120 valence electrons. The smallest absolute Gasteiger partial charge is 0.331 e. The van der Waals surface area contributed by atoms with E-state index in [0.717, 1.165) is 11.1 Å². The van der Waals surface area contributed by atoms with Crippen molar-refractivity contribution in [3.05, 3.63) is 64.7 Å². The summed E-state index contributed by atoms with van der Waals surface area (Å²) in [7, 11) is 3.14. The summed E-state index contributed by atoms with van der Waals surface area (Å²) in [6.45, 7) is 0.123. The Hall–Kier alpha value is -2.46. The van der Waals surface area contributed by atoms with Gasteiger partial charge in [0.25, 0.3) is 0 Å². The highest BCUT2D eigenvalue weighted by Crippen LogP contribution is 2.25. The highest BCUT2D eigenvalue weighted by molar-refractivity contribution is 6.31. The molecule has 0 aromatic heterocycles. The minimum Gasteiger partial charge on any atom is -0.497 e. The zero-order valence-electron chi connectivity index (χ0n) is 12.9. The van der Waals surface area contributed by atoms with E-state index >= 15 is 0 Å². The van der Waals surface area contributed by atoms with Gasteiger partial charge in [0.1, 0.15) is 18.1 Å². The topological polar surface area (TPSA) is 44.8 Å². The normalized spacial score (nSPS) is 10.6. The van der Waals surface area contributed by atoms with Gasteiger partial charge in [0, 0.05) is 22.2 Å². The molecule has 0 spiro atoms. The number of carbonyl (C=O) groups excluding carboxylic acids is 1. The second-order valence-electron chi connectivity index (χ2n) is 4.64. The number of hydrogen-bond acceptors (Lipinski definition) is 4. The van der Waals surface area contributed by atoms with Gasteiger partial charge in [-0.1, -0.05) is 29.8 Å². The van der Waals surface area contributed by atoms with E-state index in [2.05, 4.69) is 0 Å². The highest BCUT2D eigenvalue weighted by atomic mass is 35.5. The van der Waals surface area contributed by atoms with Crippen LogP contribution in [0, 0.1) is 0 Å². The number of ether oxygens (including phenoxy) is 3. The third-order valence-electron chi connectivity index (χ3n) is 3.16. The van der Waals surface area contributed by atoms with E-state index in [4.69, 9.17) is 25.8 Å². The van der Waals surface area contributed by atoms with Gasteiger partial charge >= 0.3 is 5.97 Å². The fourth-order valence-corrected chi connectivity index (χ4v) is 2.13. The van der Waals surface area contributed by atoms with E-state index in [-0.39, 0.29) is 6.61 Å². The van der Waals surface area contributed by atoms with Crippen molar-refractivity contribution >= 4 is 23.6 Å². The Morgan fingerprint density at radius 2 is 1.91 bits per heavy atom. The molecule has 0 atom stereocenters. The van der Waals surface area contributed by atoms with Crippen LogP contribution in [0.5, 0.6) is 11.5 Å². The van der Waals surface area contributed by atoms with Crippen LogP contribution in [-0.4, -0.2) is 20.2 Å². The van der Waals surface area contributed by atoms with Crippen molar-refractivity contribution in [3.63, 3.8) is 0 Å². The molecule has 0 N–H and O–H groups in total. The van der Waals surface area contributed by atoms with E-state index in [1.54, 1.807) is 44.6 Å². The van der Waals surface area contributed by atoms with Gasteiger partial charge in [-0.15, -0.1) is 0 Å². The summed E-state index contributed by atoms with van der Waals surface area (Å²) in [5, 5.41) is 0.568. The molecule has 0 aliphatic rings. The van der Waals surface area contributed by atoms with E-state index in [1.165, 1.54) is 6.08 Å². The summed E-state index contributed by atoms with van der Waals surface area (Å²) >= 11 is 6.01. The van der Waals surface area contributed by atoms with E-state index in [1.807, 2.05) is 18.2 Å². The lowest BCUT2D eigenvalue weighted by molar-refractivity contribution is -0.138. The third-order valence-corrected chi connectivity index (χ3v) is 3.53. The first-order chi connectivity index (χ1) is 11.1. The highest BCUT2D eigenvalue weighted by Gasteiger charge is 2.05. The number of hydrogen-bond donors (Lipinski definition) is 0. The maximum atomic E-state index is 11.8. The van der Waals surface area contributed by atoms with Crippen LogP contribution in [0.1, 0.15) is 11.1 Å². The molecule has 4 nitrogen and oxygen atoms in total. The van der Waals surface area contributed by atoms with Crippen LogP contribution in [0.4, 0.5) is 0 Å². The molecule has 5 heteroatoms. The van der Waals surface area contributed by atoms with Crippen LogP contribution in [0.3, 0.4) is 0 Å². The molecule has 0 fully saturated rings. The van der Waals surface area contributed by atoms with Crippen molar-refractivity contribution in [2.45, 2.75) is 6.61 Å². The maximum Gasteiger partial charge on any atom is 0.331 e. The van der Waals surface area contributed by atoms with Gasteiger partial charge in [0.2, 0.25) is 0 Å². The van der Waals surface area contributed by atoms with Gasteiger partial charge in [0.15, 0.2) is 0 Å². The zero-order chi connectivity index (χ0) is 16.7. The SMILES string of the molecule is COc1ccc(OC)c(/C=C/C(=O)OCc2ccccc2Cl)c1. The molecule has 0 bridgehead atoms. The third kappa shape index (κ3) is 4.76. The van der Waals surface area contributed by atoms with Crippen molar-refractivity contribution < 1.29 is 19.0 Å². The first kappa shape index (κ1) is 16.9. The lowest BCUT2D eigenvalue weighted by Crippen LogP contribution is -2.01. The lowest BCUT2D eigenvalue weighted by Gasteiger charge is -2.07. The average Bonchev–Trinajstić information content (AvgIpc) is 2.58. The Kier molecular flexibility index (Phi) is 6.06. The van der Waals surface area contributed by atoms with Crippen molar-refractivity contribution in [1.82, 2.24) is 0 Å². The molecule has 2 rings (SSSR count). The Morgan fingerprint density at radius 3 is 2.61 bits per heavy atom. The van der Waals surface area contributed by atoms with Crippen LogP contribution >= 0.6 is 11.6 Å². The molecular formula is C18H17ClO4. The van der Waals surface area contributed by atoms with Crippen LogP contribution < -0.4 is 9.47 Å². The predicted molar refractivity (Wildman–Crippen MR) is 89.8 cm³/mol. The second-order valence-corrected chi connectivity index (χ2v) is 5.05. The molecule has 0 heterocycles. The van der Waals surface area contributed by atoms with Crippen molar-refractivity contribution in [1.29, 1.82) is 0 Å². The minimum atomic E-state index is -0.463. The number of carbonyl (C=O) groups is 1. The van der Waals surface area contributed by atoms with E-state index in [0.29, 0.717) is 16.5 Å². The van der Waals surface area contributed by atoms with E-state index in [9.17, 15) is 4.79 Å². The Morgan fingerprint density at radius 1 is 1.13 bits per heavy atom. The molecule has 0 aliphatic carbocycles. The quantitative estimate of drug-likeness (QED) is 0.590. The fourth-order valence-electron chi connectivity index (χ4n) is 1.94. The minimum absolute atomic E-state index is 0.123. The summed E-state index contributed by atoms with van der Waals surface area (Å²) < 4.78 is 15.6. The molecule has 23 heavy (non-hydrogen) atoms. The van der Waals surface area contributed by atoms with Crippen molar-refractivity contribution in [2.75, 3.05) is 14.2 Å². The number of rotatable bonds is 6. The molecule has 0 aliphatic heterocycles. The second kappa shape index (κ2) is 8.25. The summed E-state index contributed by atoms with van der Waals surface area (Å²) in [6.07, 6.45) is 2.96. The van der Waals surface area contributed by atoms with Gasteiger partial charge in [-0.25, -0.2) is 4.79 Å². The number of benzene rings is 2. The molecule has 0 saturated heterocycles. The molecular weight excluding hydrogens is 316 g/mol. The average molecular weight is 333 g/mol. The summed E-state index contributed by atoms with van der Waals surface area (Å²) in [5.74, 6) is 0.852. The van der Waals surface area contributed by atoms with Gasteiger partial charge in [-0.3, -0.25) is 0 Å². The molecule has 0 amide bonds. The van der Waals surface area contributed by atoms with Gasteiger partial charge in [-0.05, 0) is 30.3 Å². The summed E-state index contributed by atoms with van der Waals surface area (Å²) in [6, 6.07) is 12.6. The van der Waals surface area contributed by atoms with Crippen LogP contribution in [0.25, 0.3) is 6.08 Å². The Balaban J connectivity index is 2.02. The van der Waals surface area contributed by atoms with Crippen LogP contribution in [-0.2, 0) is 16.1 Å². The van der Waals surface area contributed by atoms with Gasteiger partial charge in [0.05, 0.1) is 14.2 Å². The number of esters is 1. The van der Waals surface area contributed by atoms with Crippen LogP contribution in [0.15, 0.2) is 48.5 Å². The monoisotopic (exact) mass is 332 g/mol. The summed E-state index contributed by atoms with van der Waals surface area (Å²) in [5.41, 5.74) is 1.48. The number of halogens is 1. The molecule has 2 aromatic rings. The maximum absolute atomic E-state index is 11.8. The fraction of sp³-hybridized carbons (Fsp3) is 0.167. The number of methoxy groups -OCH3 is 2. The first-order valence-electron chi connectivity index (χ1n) is 6.94. The van der Waals surface area contributed by atoms with Crippen LogP contribution in [0.2, 0.25) is 5.02 Å². The van der Waals surface area contributed by atoms with Crippen molar-refractivity contribution in [3.8, 4) is 11.5 Å². The van der Waals surface area contributed by atoms with Gasteiger partial charge in [-0.2, -0.15) is 0 Å². The Labute approximate surface area is 140 Å². The zero-order valence-corrected chi connectivity index (χ0v) is 13.7. The van der Waals surface area contributed by atoms with E-state index < -0.39 is 5.97 Å². The van der Waals surface area contributed by atoms with Crippen molar-refractivity contribution in [2.24, 2.45) is 0 Å².